The smallest absolute Gasteiger partial charge is 0.0894 e. The highest BCUT2D eigenvalue weighted by atomic mass is 19.1. The van der Waals surface area contributed by atoms with E-state index in [1.807, 2.05) is 6.92 Å². The van der Waals surface area contributed by atoms with Crippen molar-refractivity contribution in [2.45, 2.75) is 26.2 Å². The molecule has 1 radical (unpaired) electrons. The van der Waals surface area contributed by atoms with Crippen molar-refractivity contribution in [1.29, 1.82) is 0 Å². The van der Waals surface area contributed by atoms with Crippen molar-refractivity contribution in [3.05, 3.63) is 6.42 Å². The second-order valence-electron chi connectivity index (χ2n) is 1.59. The molecule has 0 saturated heterocycles. The van der Waals surface area contributed by atoms with Crippen LogP contribution in [0, 0.1) is 6.42 Å². The molecule has 0 aliphatic carbocycles. The average Bonchev–Trinajstić information content (AvgIpc) is 1.69. The fraction of sp³-hybridized carbons (Fsp3) is 0.833. The van der Waals surface area contributed by atoms with Crippen LogP contribution in [0.5, 0.6) is 0 Å². The molecule has 0 spiro atoms. The minimum atomic E-state index is -0.159. The largest absolute Gasteiger partial charge is 0.251 e. The van der Waals surface area contributed by atoms with Gasteiger partial charge >= 0.3 is 0 Å². The molecule has 0 aromatic heterocycles. The van der Waals surface area contributed by atoms with Gasteiger partial charge in [-0.15, -0.1) is 0 Å². The van der Waals surface area contributed by atoms with Crippen molar-refractivity contribution in [3.8, 4) is 0 Å². The monoisotopic (exact) mass is 103 g/mol. The van der Waals surface area contributed by atoms with E-state index in [1.54, 1.807) is 0 Å². The van der Waals surface area contributed by atoms with Crippen LogP contribution in [-0.2, 0) is 0 Å². The summed E-state index contributed by atoms with van der Waals surface area (Å²) in [6.07, 6.45) is 4.86. The van der Waals surface area contributed by atoms with E-state index < -0.39 is 0 Å². The van der Waals surface area contributed by atoms with Gasteiger partial charge in [-0.1, -0.05) is 19.8 Å². The van der Waals surface area contributed by atoms with E-state index in [0.717, 1.165) is 19.3 Å². The number of rotatable bonds is 4. The number of hydrogen-bond acceptors (Lipinski definition) is 0. The maximum absolute atomic E-state index is 11.3. The van der Waals surface area contributed by atoms with E-state index in [-0.39, 0.29) is 6.67 Å². The maximum atomic E-state index is 11.3. The molecule has 0 N–H and O–H groups in total. The maximum Gasteiger partial charge on any atom is 0.0894 e. The summed E-state index contributed by atoms with van der Waals surface area (Å²) in [6, 6.07) is 0. The van der Waals surface area contributed by atoms with E-state index in [9.17, 15) is 4.39 Å². The van der Waals surface area contributed by atoms with Crippen LogP contribution in [0.25, 0.3) is 0 Å². The van der Waals surface area contributed by atoms with Crippen molar-refractivity contribution in [1.82, 2.24) is 0 Å². The lowest BCUT2D eigenvalue weighted by molar-refractivity contribution is 0.461. The Morgan fingerprint density at radius 2 is 2.14 bits per heavy atom. The number of halogens is 1. The Bertz CT molecular complexity index is 23.4. The lowest BCUT2D eigenvalue weighted by Gasteiger charge is -1.88. The summed E-state index contributed by atoms with van der Waals surface area (Å²) < 4.78 is 11.3. The molecule has 1 heteroatoms. The molecule has 0 aromatic carbocycles. The molecule has 0 saturated carbocycles. The van der Waals surface area contributed by atoms with Crippen molar-refractivity contribution in [2.75, 3.05) is 6.67 Å². The third-order valence-electron chi connectivity index (χ3n) is 0.876. The first-order valence-electron chi connectivity index (χ1n) is 2.75. The summed E-state index contributed by atoms with van der Waals surface area (Å²) in [5, 5.41) is 0. The zero-order valence-electron chi connectivity index (χ0n) is 4.78. The van der Waals surface area contributed by atoms with Gasteiger partial charge in [-0.25, -0.2) is 0 Å². The second-order valence-corrected chi connectivity index (χ2v) is 1.59. The van der Waals surface area contributed by atoms with E-state index in [0.29, 0.717) is 0 Å². The van der Waals surface area contributed by atoms with Crippen LogP contribution in [0.4, 0.5) is 4.39 Å². The highest BCUT2D eigenvalue weighted by molar-refractivity contribution is 4.54. The molecule has 0 aliphatic rings. The van der Waals surface area contributed by atoms with Gasteiger partial charge in [0.2, 0.25) is 0 Å². The van der Waals surface area contributed by atoms with Gasteiger partial charge in [-0.05, 0) is 12.8 Å². The van der Waals surface area contributed by atoms with E-state index in [4.69, 9.17) is 0 Å². The third kappa shape index (κ3) is 5.93. The standard InChI is InChI=1S/C6H12F/c1-2-3-4-5-6-7/h2H,3-6H2,1H3. The minimum Gasteiger partial charge on any atom is -0.251 e. The van der Waals surface area contributed by atoms with Crippen molar-refractivity contribution < 1.29 is 4.39 Å². The Balaban J connectivity index is 2.45. The van der Waals surface area contributed by atoms with Gasteiger partial charge in [0.05, 0.1) is 6.67 Å². The molecule has 0 bridgehead atoms. The molecule has 0 heterocycles. The van der Waals surface area contributed by atoms with Crippen molar-refractivity contribution >= 4 is 0 Å². The lowest BCUT2D eigenvalue weighted by Crippen LogP contribution is -1.75. The zero-order valence-corrected chi connectivity index (χ0v) is 4.78. The number of hydrogen-bond donors (Lipinski definition) is 0. The first-order valence-corrected chi connectivity index (χ1v) is 2.75. The second kappa shape index (κ2) is 5.93. The normalized spacial score (nSPS) is 9.43. The molecule has 0 aliphatic heterocycles. The molecule has 7 heavy (non-hydrogen) atoms. The topological polar surface area (TPSA) is 0 Å². The van der Waals surface area contributed by atoms with E-state index in [1.165, 1.54) is 0 Å². The fourth-order valence-corrected chi connectivity index (χ4v) is 0.443. The van der Waals surface area contributed by atoms with Crippen LogP contribution in [0.1, 0.15) is 26.2 Å². The average molecular weight is 103 g/mol. The Hall–Kier alpha value is -0.0700. The predicted octanol–water partition coefficient (Wildman–Crippen LogP) is 2.35. The van der Waals surface area contributed by atoms with E-state index in [2.05, 4.69) is 6.42 Å². The van der Waals surface area contributed by atoms with Crippen LogP contribution < -0.4 is 0 Å². The Labute approximate surface area is 44.7 Å². The fourth-order valence-electron chi connectivity index (χ4n) is 0.443. The summed E-state index contributed by atoms with van der Waals surface area (Å²) in [5.74, 6) is 0. The molecule has 0 fully saturated rings. The molecule has 0 nitrogen and oxygen atoms in total. The van der Waals surface area contributed by atoms with Gasteiger partial charge in [0.15, 0.2) is 0 Å². The summed E-state index contributed by atoms with van der Waals surface area (Å²) in [7, 11) is 0. The van der Waals surface area contributed by atoms with Gasteiger partial charge in [0.25, 0.3) is 0 Å². The summed E-state index contributed by atoms with van der Waals surface area (Å²) in [4.78, 5) is 0. The highest BCUT2D eigenvalue weighted by Gasteiger charge is 1.82. The van der Waals surface area contributed by atoms with Crippen molar-refractivity contribution in [2.24, 2.45) is 0 Å². The van der Waals surface area contributed by atoms with Gasteiger partial charge in [-0.2, -0.15) is 0 Å². The van der Waals surface area contributed by atoms with Crippen LogP contribution in [0.2, 0.25) is 0 Å². The predicted molar refractivity (Wildman–Crippen MR) is 29.8 cm³/mol. The lowest BCUT2D eigenvalue weighted by atomic mass is 10.2. The molecule has 0 amide bonds. The first-order chi connectivity index (χ1) is 3.41. The SMILES string of the molecule is C[CH]CCCCF. The first kappa shape index (κ1) is 6.93. The van der Waals surface area contributed by atoms with Gasteiger partial charge < -0.3 is 0 Å². The minimum absolute atomic E-state index is 0.159. The summed E-state index contributed by atoms with van der Waals surface area (Å²) in [6.45, 7) is 1.84. The summed E-state index contributed by atoms with van der Waals surface area (Å²) >= 11 is 0. The third-order valence-corrected chi connectivity index (χ3v) is 0.876. The van der Waals surface area contributed by atoms with Gasteiger partial charge in [0, 0.05) is 0 Å². The van der Waals surface area contributed by atoms with Gasteiger partial charge in [0.1, 0.15) is 0 Å². The number of unbranched alkanes of at least 4 members (excludes halogenated alkanes) is 3. The Morgan fingerprint density at radius 3 is 2.57 bits per heavy atom. The van der Waals surface area contributed by atoms with Crippen LogP contribution >= 0.6 is 0 Å². The van der Waals surface area contributed by atoms with Crippen LogP contribution in [0.15, 0.2) is 0 Å². The molecule has 0 aromatic rings. The molecular formula is C6H12F. The Kier molecular flexibility index (Phi) is 5.87. The van der Waals surface area contributed by atoms with E-state index >= 15 is 0 Å². The molecule has 0 rings (SSSR count). The van der Waals surface area contributed by atoms with Crippen molar-refractivity contribution in [3.63, 3.8) is 0 Å². The van der Waals surface area contributed by atoms with Gasteiger partial charge in [-0.3, -0.25) is 4.39 Å². The molecule has 0 atom stereocenters. The Morgan fingerprint density at radius 1 is 1.43 bits per heavy atom. The zero-order chi connectivity index (χ0) is 5.54. The molecule has 0 unspecified atom stereocenters. The van der Waals surface area contributed by atoms with Crippen LogP contribution in [0.3, 0.4) is 0 Å². The quantitative estimate of drug-likeness (QED) is 0.479. The number of alkyl halides is 1. The highest BCUT2D eigenvalue weighted by Crippen LogP contribution is 1.96. The molecular weight excluding hydrogens is 91.1 g/mol. The molecule has 43 valence electrons. The summed E-state index contributed by atoms with van der Waals surface area (Å²) in [5.41, 5.74) is 0. The van der Waals surface area contributed by atoms with Crippen LogP contribution in [-0.4, -0.2) is 6.67 Å².